The van der Waals surface area contributed by atoms with Gasteiger partial charge in [0.15, 0.2) is 5.13 Å². The lowest BCUT2D eigenvalue weighted by Crippen LogP contribution is -2.52. The van der Waals surface area contributed by atoms with Crippen molar-refractivity contribution in [3.05, 3.63) is 64.9 Å². The van der Waals surface area contributed by atoms with Crippen LogP contribution < -0.4 is 4.90 Å². The van der Waals surface area contributed by atoms with Crippen LogP contribution in [0.25, 0.3) is 10.2 Å². The van der Waals surface area contributed by atoms with Crippen LogP contribution >= 0.6 is 34.3 Å². The lowest BCUT2D eigenvalue weighted by molar-refractivity contribution is -0.123. The summed E-state index contributed by atoms with van der Waals surface area (Å²) in [4.78, 5) is 20.1. The van der Waals surface area contributed by atoms with Crippen LogP contribution in [0.1, 0.15) is 25.0 Å². The molecule has 1 fully saturated rings. The number of sulfonamides is 1. The minimum absolute atomic E-state index is 0.143. The largest absolute Gasteiger partial charge is 0.467 e. The molecule has 1 aromatic carbocycles. The summed E-state index contributed by atoms with van der Waals surface area (Å²) in [6.07, 6.45) is 3.45. The SMILES string of the molecule is O=C(C1CCCCN1S(=O)(=O)c1ccc(Cl)s1)N(Cc1ccco1)c1nc2ccccc2s1. The van der Waals surface area contributed by atoms with Gasteiger partial charge in [-0.15, -0.1) is 11.3 Å². The normalized spacial score (nSPS) is 17.4. The molecule has 4 heterocycles. The van der Waals surface area contributed by atoms with Gasteiger partial charge in [-0.2, -0.15) is 4.31 Å². The van der Waals surface area contributed by atoms with E-state index in [1.165, 1.54) is 21.7 Å². The fourth-order valence-electron chi connectivity index (χ4n) is 3.94. The maximum Gasteiger partial charge on any atom is 0.253 e. The van der Waals surface area contributed by atoms with Crippen molar-refractivity contribution in [3.63, 3.8) is 0 Å². The molecule has 7 nitrogen and oxygen atoms in total. The monoisotopic (exact) mass is 521 g/mol. The Morgan fingerprint density at radius 2 is 2.00 bits per heavy atom. The highest BCUT2D eigenvalue weighted by Gasteiger charge is 2.41. The van der Waals surface area contributed by atoms with Crippen LogP contribution in [0.15, 0.2) is 63.4 Å². The van der Waals surface area contributed by atoms with Crippen molar-refractivity contribution in [2.45, 2.75) is 36.1 Å². The third kappa shape index (κ3) is 4.45. The molecule has 5 rings (SSSR count). The van der Waals surface area contributed by atoms with Gasteiger partial charge >= 0.3 is 0 Å². The van der Waals surface area contributed by atoms with Gasteiger partial charge in [0, 0.05) is 6.54 Å². The highest BCUT2D eigenvalue weighted by molar-refractivity contribution is 7.91. The first kappa shape index (κ1) is 22.5. The Labute approximate surface area is 204 Å². The van der Waals surface area contributed by atoms with E-state index in [-0.39, 0.29) is 23.2 Å². The van der Waals surface area contributed by atoms with Crippen molar-refractivity contribution in [1.29, 1.82) is 0 Å². The summed E-state index contributed by atoms with van der Waals surface area (Å²) in [5.74, 6) is 0.286. The van der Waals surface area contributed by atoms with Crippen LogP contribution in [0.2, 0.25) is 4.34 Å². The summed E-state index contributed by atoms with van der Waals surface area (Å²) in [6.45, 7) is 0.448. The number of halogens is 1. The fraction of sp³-hybridized carbons (Fsp3) is 0.273. The van der Waals surface area contributed by atoms with Crippen molar-refractivity contribution in [2.24, 2.45) is 0 Å². The van der Waals surface area contributed by atoms with Crippen LogP contribution in [0.5, 0.6) is 0 Å². The average molecular weight is 522 g/mol. The number of thiophene rings is 1. The Morgan fingerprint density at radius 1 is 1.15 bits per heavy atom. The number of rotatable bonds is 6. The second-order valence-electron chi connectivity index (χ2n) is 7.65. The Balaban J connectivity index is 1.53. The zero-order valence-corrected chi connectivity index (χ0v) is 20.6. The number of hydrogen-bond acceptors (Lipinski definition) is 7. The van der Waals surface area contributed by atoms with Gasteiger partial charge in [0.1, 0.15) is 16.0 Å². The van der Waals surface area contributed by atoms with Crippen molar-refractivity contribution in [2.75, 3.05) is 11.4 Å². The fourth-order valence-corrected chi connectivity index (χ4v) is 8.18. The highest BCUT2D eigenvalue weighted by Crippen LogP contribution is 2.35. The maximum absolute atomic E-state index is 13.9. The minimum atomic E-state index is -3.86. The van der Waals surface area contributed by atoms with E-state index in [9.17, 15) is 13.2 Å². The molecule has 0 radical (unpaired) electrons. The molecule has 1 aliphatic rings. The summed E-state index contributed by atoms with van der Waals surface area (Å²) in [6, 6.07) is 13.4. The average Bonchev–Trinajstić information content (AvgIpc) is 3.57. The van der Waals surface area contributed by atoms with E-state index in [4.69, 9.17) is 16.0 Å². The second kappa shape index (κ2) is 9.19. The summed E-state index contributed by atoms with van der Waals surface area (Å²) in [7, 11) is -3.86. The molecular weight excluding hydrogens is 502 g/mol. The first-order valence-electron chi connectivity index (χ1n) is 10.4. The van der Waals surface area contributed by atoms with Crippen molar-refractivity contribution < 1.29 is 17.6 Å². The molecule has 1 aliphatic heterocycles. The van der Waals surface area contributed by atoms with Crippen molar-refractivity contribution >= 4 is 65.6 Å². The number of thiazole rings is 1. The Bertz CT molecular complexity index is 1350. The predicted octanol–water partition coefficient (Wildman–Crippen LogP) is 5.38. The van der Waals surface area contributed by atoms with Gasteiger partial charge in [-0.25, -0.2) is 13.4 Å². The molecular formula is C22H20ClN3O4S3. The van der Waals surface area contributed by atoms with E-state index < -0.39 is 16.1 Å². The van der Waals surface area contributed by atoms with Crippen LogP contribution in [0, 0.1) is 0 Å². The molecule has 0 aliphatic carbocycles. The third-order valence-electron chi connectivity index (χ3n) is 5.52. The van der Waals surface area contributed by atoms with Crippen LogP contribution in [-0.2, 0) is 21.4 Å². The van der Waals surface area contributed by atoms with Crippen molar-refractivity contribution in [3.8, 4) is 0 Å². The number of aromatic nitrogens is 1. The topological polar surface area (TPSA) is 83.7 Å². The number of benzene rings is 1. The molecule has 172 valence electrons. The summed E-state index contributed by atoms with van der Waals surface area (Å²) >= 11 is 8.39. The Hall–Kier alpha value is -2.24. The number of furan rings is 1. The Morgan fingerprint density at radius 3 is 2.73 bits per heavy atom. The lowest BCUT2D eigenvalue weighted by Gasteiger charge is -2.35. The van der Waals surface area contributed by atoms with Gasteiger partial charge < -0.3 is 4.42 Å². The van der Waals surface area contributed by atoms with Gasteiger partial charge in [0.2, 0.25) is 5.91 Å². The van der Waals surface area contributed by atoms with E-state index in [1.807, 2.05) is 24.3 Å². The molecule has 1 saturated heterocycles. The molecule has 33 heavy (non-hydrogen) atoms. The number of carbonyl (C=O) groups excluding carboxylic acids is 1. The number of carbonyl (C=O) groups is 1. The van der Waals surface area contributed by atoms with Gasteiger partial charge in [-0.1, -0.05) is 41.5 Å². The Kier molecular flexibility index (Phi) is 6.28. The molecule has 3 aromatic heterocycles. The van der Waals surface area contributed by atoms with Crippen LogP contribution in [0.3, 0.4) is 0 Å². The van der Waals surface area contributed by atoms with E-state index >= 15 is 0 Å². The van der Waals surface area contributed by atoms with E-state index in [2.05, 4.69) is 4.98 Å². The molecule has 11 heteroatoms. The predicted molar refractivity (Wildman–Crippen MR) is 130 cm³/mol. The maximum atomic E-state index is 13.9. The van der Waals surface area contributed by atoms with Crippen molar-refractivity contribution in [1.82, 2.24) is 9.29 Å². The van der Waals surface area contributed by atoms with Gasteiger partial charge in [0.05, 0.1) is 27.4 Å². The number of nitrogens with zero attached hydrogens (tertiary/aromatic N) is 3. The smallest absolute Gasteiger partial charge is 0.253 e. The zero-order chi connectivity index (χ0) is 23.0. The number of anilines is 1. The molecule has 0 spiro atoms. The quantitative estimate of drug-likeness (QED) is 0.340. The first-order chi connectivity index (χ1) is 15.9. The van der Waals surface area contributed by atoms with Gasteiger partial charge in [0.25, 0.3) is 10.0 Å². The number of piperidine rings is 1. The molecule has 0 N–H and O–H groups in total. The van der Waals surface area contributed by atoms with E-state index in [0.717, 1.165) is 28.0 Å². The zero-order valence-electron chi connectivity index (χ0n) is 17.4. The third-order valence-corrected chi connectivity index (χ3v) is 10.2. The summed E-state index contributed by atoms with van der Waals surface area (Å²) in [5, 5.41) is 0.514. The molecule has 4 aromatic rings. The van der Waals surface area contributed by atoms with Crippen LogP contribution in [0.4, 0.5) is 5.13 Å². The molecule has 0 saturated carbocycles. The summed E-state index contributed by atoms with van der Waals surface area (Å²) < 4.78 is 35.1. The highest BCUT2D eigenvalue weighted by atomic mass is 35.5. The molecule has 1 amide bonds. The molecule has 1 unspecified atom stereocenters. The molecule has 0 bridgehead atoms. The van der Waals surface area contributed by atoms with E-state index in [0.29, 0.717) is 28.1 Å². The number of para-hydroxylation sites is 1. The first-order valence-corrected chi connectivity index (χ1v) is 13.8. The van der Waals surface area contributed by atoms with Crippen LogP contribution in [-0.4, -0.2) is 36.2 Å². The molecule has 1 atom stereocenters. The van der Waals surface area contributed by atoms with Gasteiger partial charge in [-0.05, 0) is 49.2 Å². The standard InChI is InChI=1S/C22H20ClN3O4S3/c23-19-10-11-20(32-19)33(28,29)26-12-4-3-8-17(26)21(27)25(14-15-6-5-13-30-15)22-24-16-7-1-2-9-18(16)31-22/h1-2,5-7,9-11,13,17H,3-4,8,12,14H2. The number of fused-ring (bicyclic) bond motifs is 1. The lowest BCUT2D eigenvalue weighted by atomic mass is 10.0. The second-order valence-corrected chi connectivity index (χ2v) is 12.5. The number of hydrogen-bond donors (Lipinski definition) is 0. The van der Waals surface area contributed by atoms with Gasteiger partial charge in [-0.3, -0.25) is 9.69 Å². The number of amides is 1. The van der Waals surface area contributed by atoms with E-state index in [1.54, 1.807) is 29.4 Å². The minimum Gasteiger partial charge on any atom is -0.467 e. The summed E-state index contributed by atoms with van der Waals surface area (Å²) in [5.41, 5.74) is 0.788.